The van der Waals surface area contributed by atoms with Crippen LogP contribution < -0.4 is 10.1 Å². The van der Waals surface area contributed by atoms with Crippen molar-refractivity contribution >= 4 is 5.91 Å². The lowest BCUT2D eigenvalue weighted by Gasteiger charge is -2.53. The van der Waals surface area contributed by atoms with Gasteiger partial charge >= 0.3 is 0 Å². The van der Waals surface area contributed by atoms with Crippen LogP contribution in [0.1, 0.15) is 58.4 Å². The monoisotopic (exact) mass is 341 g/mol. The van der Waals surface area contributed by atoms with Gasteiger partial charge in [-0.1, -0.05) is 18.2 Å². The van der Waals surface area contributed by atoms with Gasteiger partial charge in [-0.15, -0.1) is 0 Å². The fourth-order valence-corrected chi connectivity index (χ4v) is 5.73. The first-order valence-corrected chi connectivity index (χ1v) is 9.93. The molecule has 0 heterocycles. The van der Waals surface area contributed by atoms with Crippen molar-refractivity contribution < 1.29 is 9.53 Å². The molecule has 0 saturated heterocycles. The van der Waals surface area contributed by atoms with Crippen LogP contribution in [0.2, 0.25) is 0 Å². The Morgan fingerprint density at radius 2 is 1.64 bits per heavy atom. The molecule has 3 heteroatoms. The Morgan fingerprint density at radius 3 is 2.24 bits per heavy atom. The van der Waals surface area contributed by atoms with Crippen LogP contribution in [0.5, 0.6) is 5.75 Å². The van der Waals surface area contributed by atoms with Crippen LogP contribution in [0.25, 0.3) is 0 Å². The van der Waals surface area contributed by atoms with E-state index in [0.29, 0.717) is 18.4 Å². The first-order valence-electron chi connectivity index (χ1n) is 9.93. The normalized spacial score (nSPS) is 33.3. The Morgan fingerprint density at radius 1 is 1.04 bits per heavy atom. The molecule has 4 aliphatic carbocycles. The van der Waals surface area contributed by atoms with E-state index in [1.54, 1.807) is 0 Å². The van der Waals surface area contributed by atoms with Crippen molar-refractivity contribution in [2.45, 2.75) is 65.0 Å². The van der Waals surface area contributed by atoms with Crippen molar-refractivity contribution in [1.29, 1.82) is 0 Å². The number of carbonyl (C=O) groups excluding carboxylic acids is 1. The minimum absolute atomic E-state index is 0.235. The quantitative estimate of drug-likeness (QED) is 0.872. The summed E-state index contributed by atoms with van der Waals surface area (Å²) >= 11 is 0. The predicted molar refractivity (Wildman–Crippen MR) is 99.2 cm³/mol. The van der Waals surface area contributed by atoms with Gasteiger partial charge in [0.2, 0.25) is 5.91 Å². The van der Waals surface area contributed by atoms with Gasteiger partial charge in [-0.25, -0.2) is 0 Å². The number of para-hydroxylation sites is 1. The molecule has 1 amide bonds. The maximum absolute atomic E-state index is 13.0. The van der Waals surface area contributed by atoms with E-state index in [9.17, 15) is 4.79 Å². The molecule has 0 aromatic heterocycles. The third kappa shape index (κ3) is 3.56. The first kappa shape index (κ1) is 16.9. The Hall–Kier alpha value is -1.51. The molecule has 0 aliphatic heterocycles. The van der Waals surface area contributed by atoms with E-state index in [0.717, 1.165) is 23.1 Å². The first-order chi connectivity index (χ1) is 11.9. The minimum Gasteiger partial charge on any atom is -0.488 e. The molecule has 4 saturated carbocycles. The van der Waals surface area contributed by atoms with Crippen LogP contribution >= 0.6 is 0 Å². The van der Waals surface area contributed by atoms with Crippen molar-refractivity contribution in [3.05, 3.63) is 29.8 Å². The van der Waals surface area contributed by atoms with Crippen LogP contribution in [-0.4, -0.2) is 11.5 Å². The number of rotatable bonds is 4. The van der Waals surface area contributed by atoms with Gasteiger partial charge in [-0.2, -0.15) is 0 Å². The number of carbonyl (C=O) groups is 1. The van der Waals surface area contributed by atoms with Gasteiger partial charge in [0, 0.05) is 18.0 Å². The van der Waals surface area contributed by atoms with E-state index in [1.165, 1.54) is 32.1 Å². The molecule has 136 valence electrons. The maximum atomic E-state index is 13.0. The molecule has 4 fully saturated rings. The topological polar surface area (TPSA) is 38.3 Å². The van der Waals surface area contributed by atoms with E-state index in [-0.39, 0.29) is 17.4 Å². The summed E-state index contributed by atoms with van der Waals surface area (Å²) in [7, 11) is 0. The molecule has 0 spiro atoms. The van der Waals surface area contributed by atoms with Crippen molar-refractivity contribution in [3.8, 4) is 5.75 Å². The molecule has 3 nitrogen and oxygen atoms in total. The summed E-state index contributed by atoms with van der Waals surface area (Å²) in [6.07, 6.45) is 6.58. The Labute approximate surface area is 151 Å². The lowest BCUT2D eigenvalue weighted by atomic mass is 9.51. The molecule has 0 unspecified atom stereocenters. The zero-order chi connectivity index (χ0) is 17.6. The van der Waals surface area contributed by atoms with Crippen LogP contribution in [0.3, 0.4) is 0 Å². The second-order valence-electron chi connectivity index (χ2n) is 9.50. The smallest absolute Gasteiger partial charge is 0.223 e. The number of amides is 1. The molecule has 0 atom stereocenters. The molecule has 0 radical (unpaired) electrons. The van der Waals surface area contributed by atoms with Crippen LogP contribution in [0.4, 0.5) is 0 Å². The molecule has 25 heavy (non-hydrogen) atoms. The average molecular weight is 341 g/mol. The molecule has 1 N–H and O–H groups in total. The van der Waals surface area contributed by atoms with Crippen LogP contribution in [0, 0.1) is 29.6 Å². The van der Waals surface area contributed by atoms with E-state index >= 15 is 0 Å². The summed E-state index contributed by atoms with van der Waals surface area (Å²) in [5.74, 6) is 4.50. The highest BCUT2D eigenvalue weighted by molar-refractivity contribution is 5.79. The lowest BCUT2D eigenvalue weighted by Crippen LogP contribution is -2.50. The number of hydrogen-bond acceptors (Lipinski definition) is 2. The maximum Gasteiger partial charge on any atom is 0.223 e. The summed E-state index contributed by atoms with van der Waals surface area (Å²) in [5, 5.41) is 3.23. The fourth-order valence-electron chi connectivity index (χ4n) is 5.73. The van der Waals surface area contributed by atoms with Crippen molar-refractivity contribution in [1.82, 2.24) is 5.32 Å². The van der Waals surface area contributed by atoms with Gasteiger partial charge in [0.05, 0.1) is 0 Å². The summed E-state index contributed by atoms with van der Waals surface area (Å²) in [5.41, 5.74) is 0.830. The second kappa shape index (κ2) is 6.34. The highest BCUT2D eigenvalue weighted by Gasteiger charge is 2.50. The third-order valence-electron chi connectivity index (χ3n) is 6.37. The van der Waals surface area contributed by atoms with Crippen LogP contribution in [-0.2, 0) is 11.3 Å². The van der Waals surface area contributed by atoms with Gasteiger partial charge < -0.3 is 10.1 Å². The van der Waals surface area contributed by atoms with E-state index < -0.39 is 0 Å². The standard InChI is InChI=1S/C22H31NO2/c1-22(2,3)25-19-7-5-4-6-16(19)13-23-21(24)20-17-9-14-8-15(11-17)12-18(20)10-14/h4-7,14-15,17-18,20H,8-13H2,1-3H3,(H,23,24). The lowest BCUT2D eigenvalue weighted by molar-refractivity contribution is -0.138. The van der Waals surface area contributed by atoms with Gasteiger partial charge in [-0.3, -0.25) is 4.79 Å². The Bertz CT molecular complexity index is 618. The average Bonchev–Trinajstić information content (AvgIpc) is 2.51. The van der Waals surface area contributed by atoms with Crippen molar-refractivity contribution in [2.24, 2.45) is 29.6 Å². The highest BCUT2D eigenvalue weighted by Crippen LogP contribution is 2.56. The van der Waals surface area contributed by atoms with Gasteiger partial charge in [0.25, 0.3) is 0 Å². The Balaban J connectivity index is 1.41. The zero-order valence-corrected chi connectivity index (χ0v) is 15.8. The molecular formula is C22H31NO2. The molecule has 1 aromatic carbocycles. The van der Waals surface area contributed by atoms with Gasteiger partial charge in [-0.05, 0) is 82.6 Å². The van der Waals surface area contributed by atoms with Crippen molar-refractivity contribution in [3.63, 3.8) is 0 Å². The summed E-state index contributed by atoms with van der Waals surface area (Å²) in [6, 6.07) is 8.05. The third-order valence-corrected chi connectivity index (χ3v) is 6.37. The van der Waals surface area contributed by atoms with Crippen molar-refractivity contribution in [2.75, 3.05) is 0 Å². The predicted octanol–water partition coefficient (Wildman–Crippen LogP) is 4.55. The molecule has 1 aromatic rings. The molecule has 4 bridgehead atoms. The number of ether oxygens (including phenoxy) is 1. The summed E-state index contributed by atoms with van der Waals surface area (Å²) in [6.45, 7) is 6.72. The summed E-state index contributed by atoms with van der Waals surface area (Å²) in [4.78, 5) is 13.0. The number of benzene rings is 1. The van der Waals surface area contributed by atoms with Gasteiger partial charge in [0.1, 0.15) is 11.4 Å². The minimum atomic E-state index is -0.235. The fraction of sp³-hybridized carbons (Fsp3) is 0.682. The molecular weight excluding hydrogens is 310 g/mol. The Kier molecular flexibility index (Phi) is 4.29. The number of nitrogens with one attached hydrogen (secondary N) is 1. The second-order valence-corrected chi connectivity index (χ2v) is 9.50. The molecule has 4 aliphatic rings. The zero-order valence-electron chi connectivity index (χ0n) is 15.8. The van der Waals surface area contributed by atoms with E-state index in [4.69, 9.17) is 4.74 Å². The SMILES string of the molecule is CC(C)(C)Oc1ccccc1CNC(=O)C1C2CC3CC(C2)CC1C3. The summed E-state index contributed by atoms with van der Waals surface area (Å²) < 4.78 is 6.05. The largest absolute Gasteiger partial charge is 0.488 e. The van der Waals surface area contributed by atoms with Gasteiger partial charge in [0.15, 0.2) is 0 Å². The molecule has 5 rings (SSSR count). The van der Waals surface area contributed by atoms with E-state index in [1.807, 2.05) is 18.2 Å². The van der Waals surface area contributed by atoms with E-state index in [2.05, 4.69) is 32.2 Å². The van der Waals surface area contributed by atoms with Crippen LogP contribution in [0.15, 0.2) is 24.3 Å². The number of hydrogen-bond donors (Lipinski definition) is 1. The highest BCUT2D eigenvalue weighted by atomic mass is 16.5.